The molecular formula is C23H23N3O5. The van der Waals surface area contributed by atoms with E-state index >= 15 is 0 Å². The van der Waals surface area contributed by atoms with E-state index in [2.05, 4.69) is 15.8 Å². The third-order valence-electron chi connectivity index (χ3n) is 4.16. The van der Waals surface area contributed by atoms with Gasteiger partial charge in [0.05, 0.1) is 19.9 Å². The van der Waals surface area contributed by atoms with Crippen molar-refractivity contribution in [2.75, 3.05) is 13.7 Å². The number of nitrogens with one attached hydrogen (secondary N) is 2. The lowest BCUT2D eigenvalue weighted by Crippen LogP contribution is -2.41. The molecule has 0 fully saturated rings. The second kappa shape index (κ2) is 10.6. The van der Waals surface area contributed by atoms with E-state index in [1.165, 1.54) is 7.11 Å². The van der Waals surface area contributed by atoms with Gasteiger partial charge in [-0.15, -0.1) is 0 Å². The van der Waals surface area contributed by atoms with E-state index in [9.17, 15) is 9.59 Å². The number of benzene rings is 2. The molecule has 0 aliphatic carbocycles. The van der Waals surface area contributed by atoms with E-state index in [1.54, 1.807) is 67.0 Å². The van der Waals surface area contributed by atoms with Gasteiger partial charge in [-0.1, -0.05) is 6.92 Å². The highest BCUT2D eigenvalue weighted by Crippen LogP contribution is 2.28. The van der Waals surface area contributed by atoms with E-state index < -0.39 is 11.8 Å². The summed E-state index contributed by atoms with van der Waals surface area (Å²) in [6.07, 6.45) is 4.10. The Labute approximate surface area is 180 Å². The minimum absolute atomic E-state index is 0.321. The molecule has 0 unspecified atom stereocenters. The zero-order valence-corrected chi connectivity index (χ0v) is 17.3. The van der Waals surface area contributed by atoms with Crippen LogP contribution < -0.4 is 25.1 Å². The van der Waals surface area contributed by atoms with Crippen LogP contribution in [0.15, 0.2) is 67.0 Å². The lowest BCUT2D eigenvalue weighted by molar-refractivity contribution is 0.0846. The van der Waals surface area contributed by atoms with Gasteiger partial charge in [0.15, 0.2) is 11.5 Å². The quantitative estimate of drug-likeness (QED) is 0.538. The average molecular weight is 421 g/mol. The summed E-state index contributed by atoms with van der Waals surface area (Å²) in [6.45, 7) is 2.54. The van der Waals surface area contributed by atoms with Crippen molar-refractivity contribution >= 4 is 11.8 Å². The fourth-order valence-corrected chi connectivity index (χ4v) is 2.62. The zero-order chi connectivity index (χ0) is 22.1. The van der Waals surface area contributed by atoms with Gasteiger partial charge >= 0.3 is 0 Å². The smallest absolute Gasteiger partial charge is 0.269 e. The number of methoxy groups -OCH3 is 1. The first-order chi connectivity index (χ1) is 15.1. The molecule has 8 nitrogen and oxygen atoms in total. The van der Waals surface area contributed by atoms with Gasteiger partial charge in [0.2, 0.25) is 0 Å². The summed E-state index contributed by atoms with van der Waals surface area (Å²) in [5.74, 6) is 1.20. The maximum atomic E-state index is 12.4. The van der Waals surface area contributed by atoms with Crippen LogP contribution in [0.5, 0.6) is 23.0 Å². The molecule has 3 rings (SSSR count). The topological polar surface area (TPSA) is 98.8 Å². The molecule has 2 amide bonds. The van der Waals surface area contributed by atoms with Crippen molar-refractivity contribution in [1.29, 1.82) is 0 Å². The van der Waals surface area contributed by atoms with Crippen molar-refractivity contribution in [2.24, 2.45) is 0 Å². The summed E-state index contributed by atoms with van der Waals surface area (Å²) in [4.78, 5) is 28.7. The first-order valence-electron chi connectivity index (χ1n) is 9.70. The van der Waals surface area contributed by atoms with Gasteiger partial charge in [-0.2, -0.15) is 0 Å². The number of carbonyl (C=O) groups is 2. The number of pyridine rings is 1. The molecule has 1 heterocycles. The van der Waals surface area contributed by atoms with Gasteiger partial charge in [-0.3, -0.25) is 25.4 Å². The highest BCUT2D eigenvalue weighted by Gasteiger charge is 2.13. The van der Waals surface area contributed by atoms with E-state index in [4.69, 9.17) is 14.2 Å². The molecule has 0 saturated carbocycles. The predicted octanol–water partition coefficient (Wildman–Crippen LogP) is 3.75. The summed E-state index contributed by atoms with van der Waals surface area (Å²) in [5.41, 5.74) is 5.46. The van der Waals surface area contributed by atoms with Crippen molar-refractivity contribution < 1.29 is 23.8 Å². The third-order valence-corrected chi connectivity index (χ3v) is 4.16. The van der Waals surface area contributed by atoms with Crippen LogP contribution in [-0.2, 0) is 0 Å². The van der Waals surface area contributed by atoms with Crippen LogP contribution >= 0.6 is 0 Å². The summed E-state index contributed by atoms with van der Waals surface area (Å²) >= 11 is 0. The molecule has 1 aromatic heterocycles. The predicted molar refractivity (Wildman–Crippen MR) is 114 cm³/mol. The molecule has 0 atom stereocenters. The maximum absolute atomic E-state index is 12.4. The highest BCUT2D eigenvalue weighted by molar-refractivity contribution is 5.99. The van der Waals surface area contributed by atoms with Crippen LogP contribution in [0.1, 0.15) is 34.1 Å². The van der Waals surface area contributed by atoms with Gasteiger partial charge in [-0.05, 0) is 61.0 Å². The summed E-state index contributed by atoms with van der Waals surface area (Å²) < 4.78 is 16.5. The Bertz CT molecular complexity index is 1020. The number of hydrazine groups is 1. The number of rotatable bonds is 8. The maximum Gasteiger partial charge on any atom is 0.269 e. The van der Waals surface area contributed by atoms with Gasteiger partial charge < -0.3 is 14.2 Å². The van der Waals surface area contributed by atoms with E-state index in [1.807, 2.05) is 6.92 Å². The van der Waals surface area contributed by atoms with Crippen LogP contribution in [0.3, 0.4) is 0 Å². The fraction of sp³-hybridized carbons (Fsp3) is 0.174. The zero-order valence-electron chi connectivity index (χ0n) is 17.3. The Morgan fingerprint density at radius 3 is 2.26 bits per heavy atom. The van der Waals surface area contributed by atoms with Crippen molar-refractivity contribution in [3.8, 4) is 23.0 Å². The van der Waals surface area contributed by atoms with Crippen molar-refractivity contribution in [2.45, 2.75) is 13.3 Å². The largest absolute Gasteiger partial charge is 0.493 e. The molecule has 2 aromatic carbocycles. The summed E-state index contributed by atoms with van der Waals surface area (Å²) in [6, 6.07) is 14.9. The van der Waals surface area contributed by atoms with Crippen molar-refractivity contribution in [1.82, 2.24) is 15.8 Å². The first-order valence-corrected chi connectivity index (χ1v) is 9.70. The van der Waals surface area contributed by atoms with Crippen molar-refractivity contribution in [3.05, 3.63) is 78.1 Å². The number of amides is 2. The molecule has 0 aliphatic rings. The van der Waals surface area contributed by atoms with Crippen LogP contribution in [0.2, 0.25) is 0 Å². The van der Waals surface area contributed by atoms with E-state index in [0.29, 0.717) is 40.7 Å². The second-order valence-electron chi connectivity index (χ2n) is 6.44. The molecule has 160 valence electrons. The Balaban J connectivity index is 1.57. The van der Waals surface area contributed by atoms with E-state index in [0.717, 1.165) is 6.42 Å². The van der Waals surface area contributed by atoms with Crippen molar-refractivity contribution in [3.63, 3.8) is 0 Å². The van der Waals surface area contributed by atoms with E-state index in [-0.39, 0.29) is 0 Å². The normalized spacial score (nSPS) is 10.1. The summed E-state index contributed by atoms with van der Waals surface area (Å²) in [7, 11) is 1.50. The Morgan fingerprint density at radius 2 is 1.61 bits per heavy atom. The average Bonchev–Trinajstić information content (AvgIpc) is 2.82. The molecular weight excluding hydrogens is 398 g/mol. The Morgan fingerprint density at radius 1 is 0.903 bits per heavy atom. The molecule has 3 aromatic rings. The Kier molecular flexibility index (Phi) is 7.42. The minimum Gasteiger partial charge on any atom is -0.493 e. The van der Waals surface area contributed by atoms with Gasteiger partial charge in [0, 0.05) is 17.3 Å². The molecule has 31 heavy (non-hydrogen) atoms. The van der Waals surface area contributed by atoms with Crippen LogP contribution in [-0.4, -0.2) is 30.5 Å². The van der Waals surface area contributed by atoms with Crippen LogP contribution in [0.4, 0.5) is 0 Å². The molecule has 8 heteroatoms. The lowest BCUT2D eigenvalue weighted by atomic mass is 10.2. The number of carbonyl (C=O) groups excluding carboxylic acids is 2. The molecule has 0 saturated heterocycles. The van der Waals surface area contributed by atoms with Gasteiger partial charge in [-0.25, -0.2) is 0 Å². The standard InChI is InChI=1S/C23H23N3O5/c1-3-13-30-20-11-8-17(14-21(20)29-2)23(28)26-25-22(27)16-6-9-18(10-7-16)31-19-5-4-12-24-15-19/h4-12,14-15H,3,13H2,1-2H3,(H,25,27)(H,26,28). The monoisotopic (exact) mass is 421 g/mol. The first kappa shape index (κ1) is 21.6. The minimum atomic E-state index is -0.481. The third kappa shape index (κ3) is 5.96. The second-order valence-corrected chi connectivity index (χ2v) is 6.44. The molecule has 0 aliphatic heterocycles. The van der Waals surface area contributed by atoms with Crippen LogP contribution in [0, 0.1) is 0 Å². The fourth-order valence-electron chi connectivity index (χ4n) is 2.62. The Hall–Kier alpha value is -4.07. The molecule has 0 radical (unpaired) electrons. The SMILES string of the molecule is CCCOc1ccc(C(=O)NNC(=O)c2ccc(Oc3cccnc3)cc2)cc1OC. The molecule has 2 N–H and O–H groups in total. The van der Waals surface area contributed by atoms with Gasteiger partial charge in [0.1, 0.15) is 11.5 Å². The number of ether oxygens (including phenoxy) is 3. The highest BCUT2D eigenvalue weighted by atomic mass is 16.5. The summed E-state index contributed by atoms with van der Waals surface area (Å²) in [5, 5.41) is 0. The van der Waals surface area contributed by atoms with Gasteiger partial charge in [0.25, 0.3) is 11.8 Å². The molecule has 0 spiro atoms. The molecule has 0 bridgehead atoms. The number of nitrogens with zero attached hydrogens (tertiary/aromatic N) is 1. The number of hydrogen-bond donors (Lipinski definition) is 2. The number of hydrogen-bond acceptors (Lipinski definition) is 6. The van der Waals surface area contributed by atoms with Crippen LogP contribution in [0.25, 0.3) is 0 Å². The lowest BCUT2D eigenvalue weighted by Gasteiger charge is -2.12. The number of aromatic nitrogens is 1.